The molecule has 0 atom stereocenters. The minimum Gasteiger partial charge on any atom is -0.496 e. The molecule has 1 aromatic rings. The zero-order valence-corrected chi connectivity index (χ0v) is 8.34. The number of hydrogen-bond donors (Lipinski definition) is 1. The van der Waals surface area contributed by atoms with Gasteiger partial charge in [0.25, 0.3) is 5.69 Å². The van der Waals surface area contributed by atoms with Crippen LogP contribution in [0.4, 0.5) is 5.69 Å². The standard InChI is InChI=1S/C10H12N2O3/c1-15-10-6-2-5-9(12(13)14)8(10)4-3-7-11/h2-6H,7,11H2,1H3. The fourth-order valence-electron chi connectivity index (χ4n) is 1.22. The topological polar surface area (TPSA) is 78.4 Å². The summed E-state index contributed by atoms with van der Waals surface area (Å²) in [5, 5.41) is 10.7. The molecule has 0 bridgehead atoms. The van der Waals surface area contributed by atoms with Gasteiger partial charge in [-0.2, -0.15) is 0 Å². The first-order valence-corrected chi connectivity index (χ1v) is 4.38. The monoisotopic (exact) mass is 208 g/mol. The molecular formula is C10H12N2O3. The predicted molar refractivity (Wildman–Crippen MR) is 57.7 cm³/mol. The van der Waals surface area contributed by atoms with E-state index in [-0.39, 0.29) is 5.69 Å². The Bertz CT molecular complexity index is 388. The lowest BCUT2D eigenvalue weighted by atomic mass is 10.1. The van der Waals surface area contributed by atoms with E-state index in [9.17, 15) is 10.1 Å². The van der Waals surface area contributed by atoms with Crippen LogP contribution in [0.3, 0.4) is 0 Å². The van der Waals surface area contributed by atoms with E-state index in [0.717, 1.165) is 0 Å². The largest absolute Gasteiger partial charge is 0.496 e. The molecule has 2 N–H and O–H groups in total. The minimum absolute atomic E-state index is 0.0130. The van der Waals surface area contributed by atoms with Crippen LogP contribution in [-0.2, 0) is 0 Å². The van der Waals surface area contributed by atoms with Gasteiger partial charge >= 0.3 is 0 Å². The third-order valence-electron chi connectivity index (χ3n) is 1.88. The Labute approximate surface area is 87.3 Å². The quantitative estimate of drug-likeness (QED) is 0.601. The van der Waals surface area contributed by atoms with Gasteiger partial charge in [0, 0.05) is 12.6 Å². The van der Waals surface area contributed by atoms with E-state index >= 15 is 0 Å². The maximum Gasteiger partial charge on any atom is 0.280 e. The molecule has 1 aromatic carbocycles. The number of nitro benzene ring substituents is 1. The molecular weight excluding hydrogens is 196 g/mol. The van der Waals surface area contributed by atoms with Gasteiger partial charge in [0.15, 0.2) is 0 Å². The number of hydrogen-bond acceptors (Lipinski definition) is 4. The first-order valence-electron chi connectivity index (χ1n) is 4.38. The molecule has 0 radical (unpaired) electrons. The lowest BCUT2D eigenvalue weighted by molar-refractivity contribution is -0.385. The van der Waals surface area contributed by atoms with Crippen molar-refractivity contribution >= 4 is 11.8 Å². The van der Waals surface area contributed by atoms with Crippen molar-refractivity contribution in [3.63, 3.8) is 0 Å². The third kappa shape index (κ3) is 2.54. The van der Waals surface area contributed by atoms with E-state index in [1.165, 1.54) is 13.2 Å². The number of nitrogens with two attached hydrogens (primary N) is 1. The first-order chi connectivity index (χ1) is 7.20. The predicted octanol–water partition coefficient (Wildman–Crippen LogP) is 1.58. The third-order valence-corrected chi connectivity index (χ3v) is 1.88. The average Bonchev–Trinajstić information content (AvgIpc) is 2.25. The SMILES string of the molecule is COc1cccc([N+](=O)[O-])c1C=CCN. The highest BCUT2D eigenvalue weighted by Crippen LogP contribution is 2.29. The van der Waals surface area contributed by atoms with Crippen molar-refractivity contribution in [1.29, 1.82) is 0 Å². The molecule has 0 saturated carbocycles. The van der Waals surface area contributed by atoms with Gasteiger partial charge in [-0.05, 0) is 12.1 Å². The van der Waals surface area contributed by atoms with Crippen molar-refractivity contribution in [1.82, 2.24) is 0 Å². The van der Waals surface area contributed by atoms with Crippen molar-refractivity contribution in [3.8, 4) is 5.75 Å². The summed E-state index contributed by atoms with van der Waals surface area (Å²) in [7, 11) is 1.47. The number of nitrogens with zero attached hydrogens (tertiary/aromatic N) is 1. The van der Waals surface area contributed by atoms with Gasteiger partial charge in [-0.15, -0.1) is 0 Å². The molecule has 0 aromatic heterocycles. The summed E-state index contributed by atoms with van der Waals surface area (Å²) in [5.41, 5.74) is 5.75. The molecule has 0 aliphatic heterocycles. The fourth-order valence-corrected chi connectivity index (χ4v) is 1.22. The summed E-state index contributed by atoms with van der Waals surface area (Å²) in [4.78, 5) is 10.3. The van der Waals surface area contributed by atoms with Crippen LogP contribution in [0.15, 0.2) is 24.3 Å². The lowest BCUT2D eigenvalue weighted by Gasteiger charge is -2.04. The second kappa shape index (κ2) is 5.11. The number of nitro groups is 1. The molecule has 0 fully saturated rings. The highest BCUT2D eigenvalue weighted by Gasteiger charge is 2.14. The van der Waals surface area contributed by atoms with Crippen molar-refractivity contribution < 1.29 is 9.66 Å². The molecule has 0 amide bonds. The van der Waals surface area contributed by atoms with Crippen LogP contribution < -0.4 is 10.5 Å². The second-order valence-corrected chi connectivity index (χ2v) is 2.79. The van der Waals surface area contributed by atoms with Crippen LogP contribution >= 0.6 is 0 Å². The van der Waals surface area contributed by atoms with E-state index < -0.39 is 4.92 Å². The Morgan fingerprint density at radius 3 is 2.87 bits per heavy atom. The van der Waals surface area contributed by atoms with Gasteiger partial charge in [0.05, 0.1) is 17.6 Å². The summed E-state index contributed by atoms with van der Waals surface area (Å²) in [6, 6.07) is 4.68. The van der Waals surface area contributed by atoms with Crippen LogP contribution in [0.2, 0.25) is 0 Å². The molecule has 0 unspecified atom stereocenters. The van der Waals surface area contributed by atoms with E-state index in [2.05, 4.69) is 0 Å². The molecule has 0 aliphatic carbocycles. The number of methoxy groups -OCH3 is 1. The molecule has 80 valence electrons. The maximum atomic E-state index is 10.7. The van der Waals surface area contributed by atoms with Crippen molar-refractivity contribution in [2.75, 3.05) is 13.7 Å². The molecule has 5 nitrogen and oxygen atoms in total. The zero-order chi connectivity index (χ0) is 11.3. The Hall–Kier alpha value is -1.88. The van der Waals surface area contributed by atoms with Crippen LogP contribution in [-0.4, -0.2) is 18.6 Å². The molecule has 0 heterocycles. The smallest absolute Gasteiger partial charge is 0.280 e. The van der Waals surface area contributed by atoms with Crippen molar-refractivity contribution in [2.45, 2.75) is 0 Å². The lowest BCUT2D eigenvalue weighted by Crippen LogP contribution is -1.96. The first kappa shape index (κ1) is 11.2. The number of rotatable bonds is 4. The summed E-state index contributed by atoms with van der Waals surface area (Å²) in [6.07, 6.45) is 3.24. The van der Waals surface area contributed by atoms with E-state index in [1.54, 1.807) is 24.3 Å². The van der Waals surface area contributed by atoms with Crippen LogP contribution in [0.1, 0.15) is 5.56 Å². The average molecular weight is 208 g/mol. The van der Waals surface area contributed by atoms with Crippen molar-refractivity contribution in [3.05, 3.63) is 40.0 Å². The van der Waals surface area contributed by atoms with Crippen molar-refractivity contribution in [2.24, 2.45) is 5.73 Å². The number of benzene rings is 1. The number of ether oxygens (including phenoxy) is 1. The molecule has 0 saturated heterocycles. The maximum absolute atomic E-state index is 10.7. The fraction of sp³-hybridized carbons (Fsp3) is 0.200. The Morgan fingerprint density at radius 2 is 2.33 bits per heavy atom. The van der Waals surface area contributed by atoms with Crippen LogP contribution in [0, 0.1) is 10.1 Å². The van der Waals surface area contributed by atoms with E-state index in [4.69, 9.17) is 10.5 Å². The summed E-state index contributed by atoms with van der Waals surface area (Å²) >= 11 is 0. The zero-order valence-electron chi connectivity index (χ0n) is 8.34. The Morgan fingerprint density at radius 1 is 1.60 bits per heavy atom. The Balaban J connectivity index is 3.26. The molecule has 5 heteroatoms. The molecule has 1 rings (SSSR count). The van der Waals surface area contributed by atoms with Crippen LogP contribution in [0.25, 0.3) is 6.08 Å². The summed E-state index contributed by atoms with van der Waals surface area (Å²) in [5.74, 6) is 0.467. The molecule has 0 aliphatic rings. The second-order valence-electron chi connectivity index (χ2n) is 2.79. The Kier molecular flexibility index (Phi) is 3.82. The summed E-state index contributed by atoms with van der Waals surface area (Å²) < 4.78 is 5.04. The van der Waals surface area contributed by atoms with Gasteiger partial charge in [-0.1, -0.05) is 12.1 Å². The van der Waals surface area contributed by atoms with Gasteiger partial charge in [-0.25, -0.2) is 0 Å². The van der Waals surface area contributed by atoms with Gasteiger partial charge in [0.1, 0.15) is 5.75 Å². The van der Waals surface area contributed by atoms with Gasteiger partial charge in [0.2, 0.25) is 0 Å². The summed E-state index contributed by atoms with van der Waals surface area (Å²) in [6.45, 7) is 0.329. The highest BCUT2D eigenvalue weighted by atomic mass is 16.6. The molecule has 15 heavy (non-hydrogen) atoms. The van der Waals surface area contributed by atoms with Gasteiger partial charge in [-0.3, -0.25) is 10.1 Å². The van der Waals surface area contributed by atoms with E-state index in [0.29, 0.717) is 17.9 Å². The highest BCUT2D eigenvalue weighted by molar-refractivity contribution is 5.67. The van der Waals surface area contributed by atoms with Crippen LogP contribution in [0.5, 0.6) is 5.75 Å². The van der Waals surface area contributed by atoms with Gasteiger partial charge < -0.3 is 10.5 Å². The minimum atomic E-state index is -0.446. The molecule has 0 spiro atoms. The van der Waals surface area contributed by atoms with E-state index in [1.807, 2.05) is 0 Å². The normalized spacial score (nSPS) is 10.5.